The van der Waals surface area contributed by atoms with Gasteiger partial charge in [0.1, 0.15) is 11.6 Å². The SMILES string of the molecule is CC(C)(C)[Si](C)(C)Oc1ccc(F)cc1/C=C/C(=O)O. The molecule has 0 aliphatic rings. The van der Waals surface area contributed by atoms with E-state index in [2.05, 4.69) is 33.9 Å². The first-order valence-electron chi connectivity index (χ1n) is 6.42. The molecule has 0 unspecified atom stereocenters. The van der Waals surface area contributed by atoms with Gasteiger partial charge >= 0.3 is 5.97 Å². The van der Waals surface area contributed by atoms with Crippen LogP contribution >= 0.6 is 0 Å². The fraction of sp³-hybridized carbons (Fsp3) is 0.400. The van der Waals surface area contributed by atoms with Gasteiger partial charge in [-0.05, 0) is 42.4 Å². The van der Waals surface area contributed by atoms with E-state index in [-0.39, 0.29) is 5.04 Å². The predicted octanol–water partition coefficient (Wildman–Crippen LogP) is 4.31. The molecular formula is C15H21FO3Si. The van der Waals surface area contributed by atoms with Crippen LogP contribution in [-0.4, -0.2) is 19.4 Å². The summed E-state index contributed by atoms with van der Waals surface area (Å²) in [5, 5.41) is 8.69. The number of halogens is 1. The minimum absolute atomic E-state index is 0.00910. The summed E-state index contributed by atoms with van der Waals surface area (Å²) in [6.45, 7) is 10.5. The Morgan fingerprint density at radius 2 is 1.95 bits per heavy atom. The van der Waals surface area contributed by atoms with E-state index in [1.54, 1.807) is 6.07 Å². The van der Waals surface area contributed by atoms with Crippen molar-refractivity contribution in [2.75, 3.05) is 0 Å². The number of carboxylic acids is 1. The van der Waals surface area contributed by atoms with Crippen molar-refractivity contribution in [2.24, 2.45) is 0 Å². The third-order valence-corrected chi connectivity index (χ3v) is 7.89. The Morgan fingerprint density at radius 3 is 2.45 bits per heavy atom. The highest BCUT2D eigenvalue weighted by Gasteiger charge is 2.39. The first-order valence-corrected chi connectivity index (χ1v) is 9.33. The van der Waals surface area contributed by atoms with Crippen LogP contribution in [-0.2, 0) is 4.79 Å². The summed E-state index contributed by atoms with van der Waals surface area (Å²) in [5.41, 5.74) is 0.442. The molecule has 0 aliphatic carbocycles. The van der Waals surface area contributed by atoms with Crippen molar-refractivity contribution >= 4 is 20.4 Å². The zero-order valence-corrected chi connectivity index (χ0v) is 13.5. The van der Waals surface area contributed by atoms with Crippen molar-refractivity contribution in [2.45, 2.75) is 38.9 Å². The lowest BCUT2D eigenvalue weighted by molar-refractivity contribution is -0.131. The Balaban J connectivity index is 3.16. The molecule has 0 radical (unpaired) electrons. The van der Waals surface area contributed by atoms with E-state index in [0.717, 1.165) is 6.08 Å². The molecule has 5 heteroatoms. The highest BCUT2D eigenvalue weighted by Crippen LogP contribution is 2.38. The van der Waals surface area contributed by atoms with Gasteiger partial charge in [0, 0.05) is 11.6 Å². The van der Waals surface area contributed by atoms with Crippen LogP contribution in [0.25, 0.3) is 6.08 Å². The van der Waals surface area contributed by atoms with Crippen molar-refractivity contribution in [3.63, 3.8) is 0 Å². The van der Waals surface area contributed by atoms with Crippen LogP contribution in [0.1, 0.15) is 26.3 Å². The zero-order valence-electron chi connectivity index (χ0n) is 12.5. The van der Waals surface area contributed by atoms with E-state index in [4.69, 9.17) is 9.53 Å². The van der Waals surface area contributed by atoms with Crippen molar-refractivity contribution in [3.8, 4) is 5.75 Å². The monoisotopic (exact) mass is 296 g/mol. The largest absolute Gasteiger partial charge is 0.543 e. The minimum atomic E-state index is -2.05. The Morgan fingerprint density at radius 1 is 1.35 bits per heavy atom. The molecule has 1 rings (SSSR count). The van der Waals surface area contributed by atoms with Crippen molar-refractivity contribution < 1.29 is 18.7 Å². The Labute approximate surface area is 120 Å². The zero-order chi connectivity index (χ0) is 15.6. The summed E-state index contributed by atoms with van der Waals surface area (Å²) < 4.78 is 19.4. The van der Waals surface area contributed by atoms with E-state index in [0.29, 0.717) is 11.3 Å². The summed E-state index contributed by atoms with van der Waals surface area (Å²) in [7, 11) is -2.05. The Hall–Kier alpha value is -1.62. The topological polar surface area (TPSA) is 46.5 Å². The molecule has 20 heavy (non-hydrogen) atoms. The molecule has 0 aromatic heterocycles. The average Bonchev–Trinajstić information content (AvgIpc) is 2.27. The maximum atomic E-state index is 13.3. The lowest BCUT2D eigenvalue weighted by Gasteiger charge is -2.36. The maximum Gasteiger partial charge on any atom is 0.328 e. The molecule has 0 saturated heterocycles. The van der Waals surface area contributed by atoms with E-state index < -0.39 is 20.1 Å². The molecule has 0 aliphatic heterocycles. The van der Waals surface area contributed by atoms with E-state index in [1.807, 2.05) is 0 Å². The third kappa shape index (κ3) is 4.20. The normalized spacial score (nSPS) is 12.7. The van der Waals surface area contributed by atoms with Gasteiger partial charge in [-0.1, -0.05) is 20.8 Å². The maximum absolute atomic E-state index is 13.3. The summed E-state index contributed by atoms with van der Waals surface area (Å²) in [5.74, 6) is -0.972. The number of carboxylic acid groups (broad SMARTS) is 1. The summed E-state index contributed by atoms with van der Waals surface area (Å²) in [6.07, 6.45) is 2.33. The average molecular weight is 296 g/mol. The van der Waals surface area contributed by atoms with Gasteiger partial charge in [-0.3, -0.25) is 0 Å². The molecule has 0 saturated carbocycles. The number of hydrogen-bond donors (Lipinski definition) is 1. The molecule has 0 atom stereocenters. The quantitative estimate of drug-likeness (QED) is 0.665. The molecule has 1 aromatic carbocycles. The first kappa shape index (κ1) is 16.4. The van der Waals surface area contributed by atoms with Gasteiger partial charge in [-0.15, -0.1) is 0 Å². The van der Waals surface area contributed by atoms with Gasteiger partial charge in [0.15, 0.2) is 0 Å². The molecular weight excluding hydrogens is 275 g/mol. The van der Waals surface area contributed by atoms with Crippen molar-refractivity contribution in [1.29, 1.82) is 0 Å². The van der Waals surface area contributed by atoms with E-state index >= 15 is 0 Å². The van der Waals surface area contributed by atoms with Crippen LogP contribution in [0.15, 0.2) is 24.3 Å². The second kappa shape index (κ2) is 5.79. The number of carbonyl (C=O) groups is 1. The second-order valence-corrected chi connectivity index (χ2v) is 10.9. The van der Waals surface area contributed by atoms with Crippen LogP contribution in [0.2, 0.25) is 18.1 Å². The number of benzene rings is 1. The predicted molar refractivity (Wildman–Crippen MR) is 80.9 cm³/mol. The van der Waals surface area contributed by atoms with Gasteiger partial charge in [-0.25, -0.2) is 9.18 Å². The van der Waals surface area contributed by atoms with Gasteiger partial charge in [-0.2, -0.15) is 0 Å². The fourth-order valence-corrected chi connectivity index (χ4v) is 2.37. The van der Waals surface area contributed by atoms with Crippen molar-refractivity contribution in [1.82, 2.24) is 0 Å². The number of rotatable bonds is 4. The molecule has 3 nitrogen and oxygen atoms in total. The Bertz CT molecular complexity index is 530. The standard InChI is InChI=1S/C15H21FO3Si/c1-15(2,3)20(4,5)19-13-8-7-12(16)10-11(13)6-9-14(17)18/h6-10H,1-5H3,(H,17,18)/b9-6+. The third-order valence-electron chi connectivity index (χ3n) is 3.55. The van der Waals surface area contributed by atoms with Crippen LogP contribution in [0, 0.1) is 5.82 Å². The highest BCUT2D eigenvalue weighted by molar-refractivity contribution is 6.74. The molecule has 1 aromatic rings. The highest BCUT2D eigenvalue weighted by atomic mass is 28.4. The van der Waals surface area contributed by atoms with Crippen molar-refractivity contribution in [3.05, 3.63) is 35.7 Å². The molecule has 0 fully saturated rings. The molecule has 0 heterocycles. The number of aliphatic carboxylic acids is 1. The van der Waals surface area contributed by atoms with Gasteiger partial charge < -0.3 is 9.53 Å². The van der Waals surface area contributed by atoms with Gasteiger partial charge in [0.05, 0.1) is 0 Å². The van der Waals surface area contributed by atoms with Crippen LogP contribution in [0.4, 0.5) is 4.39 Å². The van der Waals surface area contributed by atoms with E-state index in [9.17, 15) is 9.18 Å². The van der Waals surface area contributed by atoms with Gasteiger partial charge in [0.25, 0.3) is 8.32 Å². The molecule has 0 bridgehead atoms. The summed E-state index contributed by atoms with van der Waals surface area (Å²) in [4.78, 5) is 10.6. The Kier molecular flexibility index (Phi) is 4.75. The van der Waals surface area contributed by atoms with Crippen LogP contribution in [0.3, 0.4) is 0 Å². The fourth-order valence-electron chi connectivity index (χ4n) is 1.33. The first-order chi connectivity index (χ1) is 9.03. The number of hydrogen-bond acceptors (Lipinski definition) is 2. The van der Waals surface area contributed by atoms with E-state index in [1.165, 1.54) is 18.2 Å². The smallest absolute Gasteiger partial charge is 0.328 e. The van der Waals surface area contributed by atoms with Crippen LogP contribution in [0.5, 0.6) is 5.75 Å². The lowest BCUT2D eigenvalue weighted by atomic mass is 10.2. The molecule has 110 valence electrons. The second-order valence-electron chi connectivity index (χ2n) is 6.22. The lowest BCUT2D eigenvalue weighted by Crippen LogP contribution is -2.44. The molecule has 0 amide bonds. The summed E-state index contributed by atoms with van der Waals surface area (Å²) in [6, 6.07) is 4.15. The van der Waals surface area contributed by atoms with Crippen LogP contribution < -0.4 is 4.43 Å². The molecule has 0 spiro atoms. The minimum Gasteiger partial charge on any atom is -0.543 e. The molecule has 1 N–H and O–H groups in total. The summed E-state index contributed by atoms with van der Waals surface area (Å²) >= 11 is 0. The van der Waals surface area contributed by atoms with Gasteiger partial charge in [0.2, 0.25) is 0 Å².